The summed E-state index contributed by atoms with van der Waals surface area (Å²) in [6.45, 7) is 5.93. The van der Waals surface area contributed by atoms with Gasteiger partial charge in [0.2, 0.25) is 0 Å². The van der Waals surface area contributed by atoms with Gasteiger partial charge in [-0.25, -0.2) is 9.97 Å². The first kappa shape index (κ1) is 12.4. The Morgan fingerprint density at radius 2 is 1.83 bits per heavy atom. The summed E-state index contributed by atoms with van der Waals surface area (Å²) < 4.78 is 5.46. The molecule has 0 radical (unpaired) electrons. The van der Waals surface area contributed by atoms with Crippen LogP contribution in [0.25, 0.3) is 11.3 Å². The second-order valence-corrected chi connectivity index (χ2v) is 4.38. The van der Waals surface area contributed by atoms with Gasteiger partial charge in [0.15, 0.2) is 0 Å². The number of nitrogens with zero attached hydrogens (tertiary/aromatic N) is 2. The summed E-state index contributed by atoms with van der Waals surface area (Å²) >= 11 is 0. The molecule has 2 rings (SSSR count). The minimum atomic E-state index is 0.598. The fraction of sp³-hybridized carbons (Fsp3) is 0.286. The molecule has 0 aliphatic carbocycles. The van der Waals surface area contributed by atoms with Gasteiger partial charge in [0, 0.05) is 5.56 Å². The average Bonchev–Trinajstić information content (AvgIpc) is 2.32. The molecule has 0 saturated carbocycles. The third-order valence-corrected chi connectivity index (χ3v) is 2.96. The van der Waals surface area contributed by atoms with Crippen LogP contribution in [0.1, 0.15) is 16.8 Å². The number of methoxy groups -OCH3 is 1. The molecule has 0 aliphatic rings. The highest BCUT2D eigenvalue weighted by Gasteiger charge is 2.14. The monoisotopic (exact) mass is 243 g/mol. The Balaban J connectivity index is 2.74. The smallest absolute Gasteiger partial charge is 0.131 e. The summed E-state index contributed by atoms with van der Waals surface area (Å²) in [5.41, 5.74) is 11.3. The average molecular weight is 243 g/mol. The van der Waals surface area contributed by atoms with Crippen LogP contribution in [0.4, 0.5) is 5.69 Å². The Morgan fingerprint density at radius 3 is 2.50 bits per heavy atom. The number of rotatable bonds is 2. The lowest BCUT2D eigenvalue weighted by Crippen LogP contribution is -2.01. The van der Waals surface area contributed by atoms with Crippen LogP contribution < -0.4 is 10.5 Å². The van der Waals surface area contributed by atoms with Gasteiger partial charge >= 0.3 is 0 Å². The quantitative estimate of drug-likeness (QED) is 0.880. The lowest BCUT2D eigenvalue weighted by Gasteiger charge is -2.14. The Bertz CT molecular complexity index is 594. The van der Waals surface area contributed by atoms with Crippen LogP contribution in [-0.4, -0.2) is 17.1 Å². The van der Waals surface area contributed by atoms with Crippen molar-refractivity contribution in [1.82, 2.24) is 9.97 Å². The Kier molecular flexibility index (Phi) is 3.19. The van der Waals surface area contributed by atoms with Crippen molar-refractivity contribution in [2.24, 2.45) is 0 Å². The van der Waals surface area contributed by atoms with Gasteiger partial charge in [-0.15, -0.1) is 0 Å². The molecular formula is C14H17N3O. The van der Waals surface area contributed by atoms with Crippen LogP contribution >= 0.6 is 0 Å². The zero-order chi connectivity index (χ0) is 13.3. The van der Waals surface area contributed by atoms with Crippen molar-refractivity contribution in [2.45, 2.75) is 20.8 Å². The lowest BCUT2D eigenvalue weighted by molar-refractivity contribution is 0.413. The molecule has 18 heavy (non-hydrogen) atoms. The molecule has 0 aliphatic heterocycles. The molecule has 0 spiro atoms. The molecule has 4 heteroatoms. The number of nitrogen functional groups attached to an aromatic ring is 1. The first-order chi connectivity index (χ1) is 8.54. The largest absolute Gasteiger partial charge is 0.496 e. The molecule has 2 aromatic rings. The maximum Gasteiger partial charge on any atom is 0.131 e. The van der Waals surface area contributed by atoms with Crippen LogP contribution in [0.2, 0.25) is 0 Å². The molecule has 1 aromatic carbocycles. The van der Waals surface area contributed by atoms with Gasteiger partial charge < -0.3 is 10.5 Å². The summed E-state index contributed by atoms with van der Waals surface area (Å²) in [7, 11) is 1.66. The van der Waals surface area contributed by atoms with Crippen molar-refractivity contribution in [2.75, 3.05) is 12.8 Å². The van der Waals surface area contributed by atoms with E-state index >= 15 is 0 Å². The second-order valence-electron chi connectivity index (χ2n) is 4.38. The Labute approximate surface area is 107 Å². The summed E-state index contributed by atoms with van der Waals surface area (Å²) in [6.07, 6.45) is 1.53. The summed E-state index contributed by atoms with van der Waals surface area (Å²) in [5, 5.41) is 0. The van der Waals surface area contributed by atoms with Gasteiger partial charge in [-0.2, -0.15) is 0 Å². The minimum Gasteiger partial charge on any atom is -0.496 e. The fourth-order valence-electron chi connectivity index (χ4n) is 2.10. The van der Waals surface area contributed by atoms with Crippen molar-refractivity contribution in [1.29, 1.82) is 0 Å². The second kappa shape index (κ2) is 4.64. The maximum atomic E-state index is 6.06. The van der Waals surface area contributed by atoms with Crippen LogP contribution in [0, 0.1) is 20.8 Å². The standard InChI is InChI=1S/C14H17N3O/c1-8-5-9(2)14(18-4)11(6-8)13-12(15)10(3)16-7-17-13/h5-7H,15H2,1-4H3. The van der Waals surface area contributed by atoms with Gasteiger partial charge in [-0.3, -0.25) is 0 Å². The van der Waals surface area contributed by atoms with Gasteiger partial charge in [-0.05, 0) is 38.0 Å². The number of aryl methyl sites for hydroxylation is 3. The molecule has 94 valence electrons. The van der Waals surface area contributed by atoms with Crippen LogP contribution in [-0.2, 0) is 0 Å². The zero-order valence-corrected chi connectivity index (χ0v) is 11.1. The maximum absolute atomic E-state index is 6.06. The van der Waals surface area contributed by atoms with Gasteiger partial charge in [0.05, 0.1) is 18.5 Å². The molecule has 0 amide bonds. The molecule has 0 bridgehead atoms. The van der Waals surface area contributed by atoms with E-state index in [4.69, 9.17) is 10.5 Å². The normalized spacial score (nSPS) is 10.4. The molecule has 0 fully saturated rings. The van der Waals surface area contributed by atoms with Gasteiger partial charge in [-0.1, -0.05) is 6.07 Å². The van der Waals surface area contributed by atoms with Crippen molar-refractivity contribution >= 4 is 5.69 Å². The number of ether oxygens (including phenoxy) is 1. The van der Waals surface area contributed by atoms with E-state index in [1.807, 2.05) is 26.8 Å². The van der Waals surface area contributed by atoms with E-state index in [9.17, 15) is 0 Å². The van der Waals surface area contributed by atoms with E-state index < -0.39 is 0 Å². The highest BCUT2D eigenvalue weighted by Crippen LogP contribution is 2.36. The van der Waals surface area contributed by atoms with E-state index in [-0.39, 0.29) is 0 Å². The van der Waals surface area contributed by atoms with E-state index in [1.54, 1.807) is 7.11 Å². The number of hydrogen-bond acceptors (Lipinski definition) is 4. The number of nitrogens with two attached hydrogens (primary N) is 1. The number of hydrogen-bond donors (Lipinski definition) is 1. The molecule has 0 unspecified atom stereocenters. The van der Waals surface area contributed by atoms with E-state index in [0.29, 0.717) is 5.69 Å². The van der Waals surface area contributed by atoms with E-state index in [0.717, 1.165) is 33.8 Å². The highest BCUT2D eigenvalue weighted by molar-refractivity contribution is 5.79. The zero-order valence-electron chi connectivity index (χ0n) is 11.1. The minimum absolute atomic E-state index is 0.598. The third kappa shape index (κ3) is 2.01. The third-order valence-electron chi connectivity index (χ3n) is 2.96. The SMILES string of the molecule is COc1c(C)cc(C)cc1-c1ncnc(C)c1N. The number of aromatic nitrogens is 2. The highest BCUT2D eigenvalue weighted by atomic mass is 16.5. The molecular weight excluding hydrogens is 226 g/mol. The molecule has 1 heterocycles. The van der Waals surface area contributed by atoms with E-state index in [1.165, 1.54) is 6.33 Å². The summed E-state index contributed by atoms with van der Waals surface area (Å²) in [5.74, 6) is 0.811. The van der Waals surface area contributed by atoms with Crippen molar-refractivity contribution in [3.8, 4) is 17.0 Å². The number of benzene rings is 1. The molecule has 4 nitrogen and oxygen atoms in total. The van der Waals surface area contributed by atoms with E-state index in [2.05, 4.69) is 16.0 Å². The predicted octanol–water partition coefficient (Wildman–Crippen LogP) is 2.66. The van der Waals surface area contributed by atoms with Gasteiger partial charge in [0.25, 0.3) is 0 Å². The molecule has 2 N–H and O–H groups in total. The van der Waals surface area contributed by atoms with Crippen molar-refractivity contribution in [3.05, 3.63) is 35.3 Å². The molecule has 0 saturated heterocycles. The topological polar surface area (TPSA) is 61.0 Å². The van der Waals surface area contributed by atoms with Crippen LogP contribution in [0.3, 0.4) is 0 Å². The fourth-order valence-corrected chi connectivity index (χ4v) is 2.10. The molecule has 0 atom stereocenters. The molecule has 1 aromatic heterocycles. The van der Waals surface area contributed by atoms with Crippen LogP contribution in [0.5, 0.6) is 5.75 Å². The summed E-state index contributed by atoms with van der Waals surface area (Å²) in [6, 6.07) is 4.11. The number of anilines is 1. The first-order valence-electron chi connectivity index (χ1n) is 5.77. The first-order valence-corrected chi connectivity index (χ1v) is 5.77. The van der Waals surface area contributed by atoms with Crippen molar-refractivity contribution < 1.29 is 4.74 Å². The lowest BCUT2D eigenvalue weighted by atomic mass is 10.0. The Morgan fingerprint density at radius 1 is 1.11 bits per heavy atom. The van der Waals surface area contributed by atoms with Crippen molar-refractivity contribution in [3.63, 3.8) is 0 Å². The predicted molar refractivity (Wildman–Crippen MR) is 72.6 cm³/mol. The summed E-state index contributed by atoms with van der Waals surface area (Å²) in [4.78, 5) is 8.37. The van der Waals surface area contributed by atoms with Gasteiger partial charge in [0.1, 0.15) is 17.8 Å². The van der Waals surface area contributed by atoms with Crippen LogP contribution in [0.15, 0.2) is 18.5 Å². The Hall–Kier alpha value is -2.10.